The number of nitrogens with zero attached hydrogens (tertiary/aromatic N) is 1. The van der Waals surface area contributed by atoms with Crippen LogP contribution in [-0.2, 0) is 27.9 Å². The number of aromatic nitrogens is 1. The Hall–Kier alpha value is -1.86. The van der Waals surface area contributed by atoms with Crippen LogP contribution in [-0.4, -0.2) is 28.1 Å². The van der Waals surface area contributed by atoms with Crippen molar-refractivity contribution in [3.63, 3.8) is 0 Å². The van der Waals surface area contributed by atoms with Gasteiger partial charge in [-0.15, -0.1) is 0 Å². The number of amides is 1. The molecule has 0 aliphatic rings. The van der Waals surface area contributed by atoms with E-state index in [2.05, 4.69) is 5.32 Å². The van der Waals surface area contributed by atoms with Crippen molar-refractivity contribution in [1.29, 1.82) is 0 Å². The average Bonchev–Trinajstić information content (AvgIpc) is 2.47. The number of pyridine rings is 1. The van der Waals surface area contributed by atoms with Gasteiger partial charge in [0.15, 0.2) is 0 Å². The van der Waals surface area contributed by atoms with Gasteiger partial charge in [-0.1, -0.05) is 11.6 Å². The summed E-state index contributed by atoms with van der Waals surface area (Å²) in [5.41, 5.74) is 5.30. The second-order valence-electron chi connectivity index (χ2n) is 6.49. The third kappa shape index (κ3) is 6.33. The summed E-state index contributed by atoms with van der Waals surface area (Å²) in [5, 5.41) is 2.90. The van der Waals surface area contributed by atoms with Gasteiger partial charge in [0.1, 0.15) is 10.8 Å². The molecule has 0 spiro atoms. The molecule has 1 amide bonds. The molecule has 0 radical (unpaired) electrons. The molecule has 0 aliphatic carbocycles. The highest BCUT2D eigenvalue weighted by atomic mass is 35.5. The Labute approximate surface area is 146 Å². The predicted octanol–water partition coefficient (Wildman–Crippen LogP) is 1.10. The Kier molecular flexibility index (Phi) is 6.98. The van der Waals surface area contributed by atoms with Gasteiger partial charge in [-0.2, -0.15) is 0 Å². The van der Waals surface area contributed by atoms with Crippen molar-refractivity contribution in [2.24, 2.45) is 12.8 Å². The molecule has 0 bridgehead atoms. The Morgan fingerprint density at radius 1 is 1.38 bits per heavy atom. The Morgan fingerprint density at radius 2 is 2.00 bits per heavy atom. The van der Waals surface area contributed by atoms with E-state index in [0.717, 1.165) is 0 Å². The van der Waals surface area contributed by atoms with Gasteiger partial charge in [-0.25, -0.2) is 0 Å². The second-order valence-corrected chi connectivity index (χ2v) is 6.88. The fourth-order valence-corrected chi connectivity index (χ4v) is 2.05. The fourth-order valence-electron chi connectivity index (χ4n) is 1.91. The number of carbonyl (C=O) groups is 2. The SMILES string of the molecule is Cn1c(Cl)ccc(CNC(=O)[C@H](N)CCC(=O)OC(C)(C)C)c1=O. The number of esters is 1. The van der Waals surface area contributed by atoms with Gasteiger partial charge < -0.3 is 20.4 Å². The molecule has 1 aromatic heterocycles. The summed E-state index contributed by atoms with van der Waals surface area (Å²) >= 11 is 5.83. The van der Waals surface area contributed by atoms with Crippen LogP contribution in [0.3, 0.4) is 0 Å². The van der Waals surface area contributed by atoms with Crippen molar-refractivity contribution in [3.05, 3.63) is 33.2 Å². The van der Waals surface area contributed by atoms with Crippen LogP contribution in [0.15, 0.2) is 16.9 Å². The van der Waals surface area contributed by atoms with E-state index in [1.807, 2.05) is 0 Å². The quantitative estimate of drug-likeness (QED) is 0.586. The molecule has 8 heteroatoms. The molecule has 134 valence electrons. The maximum Gasteiger partial charge on any atom is 0.306 e. The van der Waals surface area contributed by atoms with E-state index < -0.39 is 23.5 Å². The smallest absolute Gasteiger partial charge is 0.306 e. The van der Waals surface area contributed by atoms with E-state index >= 15 is 0 Å². The summed E-state index contributed by atoms with van der Waals surface area (Å²) in [6.07, 6.45) is 0.216. The Bertz CT molecular complexity index is 664. The molecule has 0 saturated heterocycles. The van der Waals surface area contributed by atoms with Crippen LogP contribution in [0, 0.1) is 0 Å². The van der Waals surface area contributed by atoms with Crippen molar-refractivity contribution in [2.75, 3.05) is 0 Å². The molecule has 1 atom stereocenters. The first-order valence-electron chi connectivity index (χ1n) is 7.61. The minimum atomic E-state index is -0.853. The van der Waals surface area contributed by atoms with Gasteiger partial charge in [-0.3, -0.25) is 14.4 Å². The first-order valence-corrected chi connectivity index (χ1v) is 7.98. The van der Waals surface area contributed by atoms with Crippen LogP contribution < -0.4 is 16.6 Å². The molecule has 0 aromatic carbocycles. The largest absolute Gasteiger partial charge is 0.460 e. The van der Waals surface area contributed by atoms with Crippen LogP contribution in [0.25, 0.3) is 0 Å². The standard InChI is InChI=1S/C16H24ClN3O4/c1-16(2,3)24-13(21)8-6-11(18)14(22)19-9-10-5-7-12(17)20(4)15(10)23/h5,7,11H,6,8-9,18H2,1-4H3,(H,19,22)/t11-/m1/s1. The highest BCUT2D eigenvalue weighted by Gasteiger charge is 2.19. The minimum absolute atomic E-state index is 0.0445. The van der Waals surface area contributed by atoms with Crippen molar-refractivity contribution in [3.8, 4) is 0 Å². The normalized spacial score (nSPS) is 12.6. The number of carbonyl (C=O) groups excluding carboxylic acids is 2. The Balaban J connectivity index is 2.49. The summed E-state index contributed by atoms with van der Waals surface area (Å²) in [6.45, 7) is 5.35. The van der Waals surface area contributed by atoms with E-state index in [9.17, 15) is 14.4 Å². The summed E-state index contributed by atoms with van der Waals surface area (Å²) in [5.74, 6) is -0.840. The molecule has 0 fully saturated rings. The van der Waals surface area contributed by atoms with Gasteiger partial charge in [-0.05, 0) is 39.3 Å². The minimum Gasteiger partial charge on any atom is -0.460 e. The van der Waals surface area contributed by atoms with Crippen LogP contribution in [0.1, 0.15) is 39.2 Å². The molecule has 1 aromatic rings. The number of hydrogen-bond donors (Lipinski definition) is 2. The fraction of sp³-hybridized carbons (Fsp3) is 0.562. The molecule has 3 N–H and O–H groups in total. The van der Waals surface area contributed by atoms with Crippen LogP contribution in [0.5, 0.6) is 0 Å². The lowest BCUT2D eigenvalue weighted by molar-refractivity contribution is -0.155. The molecule has 1 rings (SSSR count). The van der Waals surface area contributed by atoms with Crippen LogP contribution >= 0.6 is 11.6 Å². The first kappa shape index (κ1) is 20.2. The van der Waals surface area contributed by atoms with E-state index in [4.69, 9.17) is 22.1 Å². The molecule has 0 saturated carbocycles. The van der Waals surface area contributed by atoms with Crippen molar-refractivity contribution in [1.82, 2.24) is 9.88 Å². The van der Waals surface area contributed by atoms with E-state index in [1.54, 1.807) is 40.0 Å². The lowest BCUT2D eigenvalue weighted by Gasteiger charge is -2.20. The molecular weight excluding hydrogens is 334 g/mol. The molecular formula is C16H24ClN3O4. The average molecular weight is 358 g/mol. The third-order valence-electron chi connectivity index (χ3n) is 3.19. The monoisotopic (exact) mass is 357 g/mol. The predicted molar refractivity (Wildman–Crippen MR) is 91.6 cm³/mol. The number of nitrogens with two attached hydrogens (primary N) is 1. The maximum absolute atomic E-state index is 12.0. The second kappa shape index (κ2) is 8.30. The molecule has 24 heavy (non-hydrogen) atoms. The zero-order chi connectivity index (χ0) is 18.5. The molecule has 1 heterocycles. The number of hydrogen-bond acceptors (Lipinski definition) is 5. The lowest BCUT2D eigenvalue weighted by Crippen LogP contribution is -2.41. The van der Waals surface area contributed by atoms with Gasteiger partial charge >= 0.3 is 5.97 Å². The number of rotatable bonds is 6. The van der Waals surface area contributed by atoms with E-state index in [-0.39, 0.29) is 24.9 Å². The number of nitrogens with one attached hydrogen (secondary N) is 1. The van der Waals surface area contributed by atoms with Crippen molar-refractivity contribution in [2.45, 2.75) is 51.8 Å². The third-order valence-corrected chi connectivity index (χ3v) is 3.57. The zero-order valence-electron chi connectivity index (χ0n) is 14.4. The topological polar surface area (TPSA) is 103 Å². The van der Waals surface area contributed by atoms with Crippen LogP contribution in [0.2, 0.25) is 5.15 Å². The maximum atomic E-state index is 12.0. The molecule has 0 aliphatic heterocycles. The van der Waals surface area contributed by atoms with E-state index in [0.29, 0.717) is 10.7 Å². The molecule has 7 nitrogen and oxygen atoms in total. The summed E-state index contributed by atoms with van der Waals surface area (Å²) in [7, 11) is 1.54. The molecule has 0 unspecified atom stereocenters. The highest BCUT2D eigenvalue weighted by Crippen LogP contribution is 2.10. The lowest BCUT2D eigenvalue weighted by atomic mass is 10.1. The summed E-state index contributed by atoms with van der Waals surface area (Å²) < 4.78 is 6.44. The van der Waals surface area contributed by atoms with Crippen molar-refractivity contribution < 1.29 is 14.3 Å². The number of halogens is 1. The van der Waals surface area contributed by atoms with Gasteiger partial charge in [0.2, 0.25) is 5.91 Å². The van der Waals surface area contributed by atoms with Gasteiger partial charge in [0.25, 0.3) is 5.56 Å². The van der Waals surface area contributed by atoms with Crippen LogP contribution in [0.4, 0.5) is 0 Å². The summed E-state index contributed by atoms with van der Waals surface area (Å²) in [4.78, 5) is 35.5. The summed E-state index contributed by atoms with van der Waals surface area (Å²) in [6, 6.07) is 2.28. The van der Waals surface area contributed by atoms with Gasteiger partial charge in [0, 0.05) is 25.6 Å². The van der Waals surface area contributed by atoms with Gasteiger partial charge in [0.05, 0.1) is 6.04 Å². The first-order chi connectivity index (χ1) is 11.0. The highest BCUT2D eigenvalue weighted by molar-refractivity contribution is 6.29. The van der Waals surface area contributed by atoms with E-state index in [1.165, 1.54) is 4.57 Å². The number of ether oxygens (including phenoxy) is 1. The van der Waals surface area contributed by atoms with Crippen molar-refractivity contribution >= 4 is 23.5 Å². The Morgan fingerprint density at radius 3 is 2.58 bits per heavy atom. The zero-order valence-corrected chi connectivity index (χ0v) is 15.1.